The van der Waals surface area contributed by atoms with E-state index in [2.05, 4.69) is 10.3 Å². The fourth-order valence-electron chi connectivity index (χ4n) is 0.445. The highest BCUT2D eigenvalue weighted by Crippen LogP contribution is 1.84. The average molecular weight is 144 g/mol. The number of rotatable bonds is 2. The highest BCUT2D eigenvalue weighted by Gasteiger charge is 2.09. The lowest BCUT2D eigenvalue weighted by Gasteiger charge is -1.93. The topological polar surface area (TPSA) is 82.2 Å². The fraction of sp³-hybridized carbons (Fsp3) is 0.400. The van der Waals surface area contributed by atoms with Gasteiger partial charge in [0.2, 0.25) is 0 Å². The van der Waals surface area contributed by atoms with Gasteiger partial charge in [-0.1, -0.05) is 10.3 Å². The molecule has 0 aliphatic heterocycles. The molecule has 0 spiro atoms. The predicted molar refractivity (Wildman–Crippen MR) is 34.8 cm³/mol. The normalized spacial score (nSPS) is 13.4. The molecule has 5 heteroatoms. The third kappa shape index (κ3) is 1.85. The van der Waals surface area contributed by atoms with Gasteiger partial charge in [-0.25, -0.2) is 0 Å². The van der Waals surface area contributed by atoms with Gasteiger partial charge in [-0.2, -0.15) is 0 Å². The van der Waals surface area contributed by atoms with Gasteiger partial charge in [0.25, 0.3) is 0 Å². The Morgan fingerprint density at radius 3 is 1.80 bits per heavy atom. The summed E-state index contributed by atoms with van der Waals surface area (Å²) in [5.41, 5.74) is -0.238. The van der Waals surface area contributed by atoms with Gasteiger partial charge in [0.05, 0.1) is 0 Å². The van der Waals surface area contributed by atoms with E-state index in [1.54, 1.807) is 0 Å². The molecule has 0 heterocycles. The molecule has 0 unspecified atom stereocenters. The Balaban J connectivity index is 4.56. The minimum absolute atomic E-state index is 0.00463. The Morgan fingerprint density at radius 2 is 1.70 bits per heavy atom. The van der Waals surface area contributed by atoms with Crippen molar-refractivity contribution in [3.63, 3.8) is 0 Å². The van der Waals surface area contributed by atoms with Crippen molar-refractivity contribution in [1.29, 1.82) is 0 Å². The SMILES string of the molecule is CC(=O)C(=N/O)/C(C)=N\O. The minimum atomic E-state index is -0.446. The van der Waals surface area contributed by atoms with Gasteiger partial charge in [0.15, 0.2) is 11.5 Å². The third-order valence-corrected chi connectivity index (χ3v) is 0.926. The highest BCUT2D eigenvalue weighted by molar-refractivity contribution is 6.66. The van der Waals surface area contributed by atoms with Gasteiger partial charge in [-0.05, 0) is 6.92 Å². The molecular weight excluding hydrogens is 136 g/mol. The Bertz CT molecular complexity index is 195. The van der Waals surface area contributed by atoms with Gasteiger partial charge in [-0.15, -0.1) is 0 Å². The van der Waals surface area contributed by atoms with Crippen LogP contribution in [0, 0.1) is 0 Å². The standard InChI is InChI=1S/C5H8N2O3/c1-3(6-9)5(7-10)4(2)8/h9-10H,1-2H3/b6-3-,7-5+. The molecule has 0 bridgehead atoms. The zero-order chi connectivity index (χ0) is 8.15. The van der Waals surface area contributed by atoms with Crippen LogP contribution in [0.25, 0.3) is 0 Å². The molecule has 0 saturated heterocycles. The molecule has 0 fully saturated rings. The quantitative estimate of drug-likeness (QED) is 0.331. The van der Waals surface area contributed by atoms with Gasteiger partial charge in [0.1, 0.15) is 5.71 Å². The van der Waals surface area contributed by atoms with Gasteiger partial charge in [-0.3, -0.25) is 4.79 Å². The molecule has 5 nitrogen and oxygen atoms in total. The molecule has 0 radical (unpaired) electrons. The summed E-state index contributed by atoms with van der Waals surface area (Å²) in [6.45, 7) is 2.57. The molecule has 0 aromatic carbocycles. The summed E-state index contributed by atoms with van der Waals surface area (Å²) in [6, 6.07) is 0. The average Bonchev–Trinajstić information content (AvgIpc) is 1.88. The van der Waals surface area contributed by atoms with E-state index in [0.29, 0.717) is 0 Å². The van der Waals surface area contributed by atoms with E-state index in [9.17, 15) is 4.79 Å². The van der Waals surface area contributed by atoms with Crippen LogP contribution in [0.2, 0.25) is 0 Å². The van der Waals surface area contributed by atoms with Gasteiger partial charge < -0.3 is 10.4 Å². The second kappa shape index (κ2) is 3.60. The van der Waals surface area contributed by atoms with Crippen molar-refractivity contribution in [2.24, 2.45) is 10.3 Å². The molecule has 0 aromatic heterocycles. The van der Waals surface area contributed by atoms with E-state index in [-0.39, 0.29) is 11.4 Å². The van der Waals surface area contributed by atoms with Crippen molar-refractivity contribution < 1.29 is 15.2 Å². The number of nitrogens with zero attached hydrogens (tertiary/aromatic N) is 2. The lowest BCUT2D eigenvalue weighted by atomic mass is 10.2. The first-order chi connectivity index (χ1) is 4.63. The van der Waals surface area contributed by atoms with E-state index >= 15 is 0 Å². The van der Waals surface area contributed by atoms with Crippen molar-refractivity contribution in [2.75, 3.05) is 0 Å². The molecule has 0 aromatic rings. The van der Waals surface area contributed by atoms with Crippen LogP contribution >= 0.6 is 0 Å². The van der Waals surface area contributed by atoms with E-state index < -0.39 is 5.78 Å². The van der Waals surface area contributed by atoms with Gasteiger partial charge in [0, 0.05) is 6.92 Å². The van der Waals surface area contributed by atoms with E-state index in [1.165, 1.54) is 13.8 Å². The number of oxime groups is 2. The molecule has 56 valence electrons. The summed E-state index contributed by atoms with van der Waals surface area (Å²) < 4.78 is 0. The molecule has 10 heavy (non-hydrogen) atoms. The second-order valence-corrected chi connectivity index (χ2v) is 1.69. The van der Waals surface area contributed by atoms with Crippen LogP contribution in [0.1, 0.15) is 13.8 Å². The van der Waals surface area contributed by atoms with Crippen LogP contribution in [0.5, 0.6) is 0 Å². The second-order valence-electron chi connectivity index (χ2n) is 1.69. The first-order valence-electron chi connectivity index (χ1n) is 2.55. The van der Waals surface area contributed by atoms with E-state index in [0.717, 1.165) is 0 Å². The highest BCUT2D eigenvalue weighted by atomic mass is 16.4. The third-order valence-electron chi connectivity index (χ3n) is 0.926. The van der Waals surface area contributed by atoms with Crippen molar-refractivity contribution in [3.05, 3.63) is 0 Å². The summed E-state index contributed by atoms with van der Waals surface area (Å²) >= 11 is 0. The summed E-state index contributed by atoms with van der Waals surface area (Å²) in [4.78, 5) is 10.5. The number of carbonyl (C=O) groups is 1. The van der Waals surface area contributed by atoms with Crippen LogP contribution in [-0.4, -0.2) is 27.6 Å². The molecule has 0 aliphatic carbocycles. The van der Waals surface area contributed by atoms with Crippen molar-refractivity contribution in [3.8, 4) is 0 Å². The molecule has 0 amide bonds. The number of ketones is 1. The largest absolute Gasteiger partial charge is 0.411 e. The summed E-state index contributed by atoms with van der Waals surface area (Å²) in [6.07, 6.45) is 0. The predicted octanol–water partition coefficient (Wildman–Crippen LogP) is 0.256. The zero-order valence-corrected chi connectivity index (χ0v) is 5.70. The number of hydrogen-bond acceptors (Lipinski definition) is 5. The molecule has 0 saturated carbocycles. The zero-order valence-electron chi connectivity index (χ0n) is 5.70. The minimum Gasteiger partial charge on any atom is -0.411 e. The van der Waals surface area contributed by atoms with Crippen molar-refractivity contribution in [1.82, 2.24) is 0 Å². The van der Waals surface area contributed by atoms with Crippen LogP contribution in [0.3, 0.4) is 0 Å². The molecule has 2 N–H and O–H groups in total. The smallest absolute Gasteiger partial charge is 0.183 e. The van der Waals surface area contributed by atoms with E-state index in [1.807, 2.05) is 0 Å². The maximum atomic E-state index is 10.5. The summed E-state index contributed by atoms with van der Waals surface area (Å²) in [7, 11) is 0. The Hall–Kier alpha value is -1.39. The van der Waals surface area contributed by atoms with Crippen molar-refractivity contribution >= 4 is 17.2 Å². The van der Waals surface area contributed by atoms with Crippen LogP contribution in [-0.2, 0) is 4.79 Å². The fourth-order valence-corrected chi connectivity index (χ4v) is 0.445. The monoisotopic (exact) mass is 144 g/mol. The van der Waals surface area contributed by atoms with Crippen molar-refractivity contribution in [2.45, 2.75) is 13.8 Å². The molecular formula is C5H8N2O3. The maximum Gasteiger partial charge on any atom is 0.183 e. The molecule has 0 atom stereocenters. The van der Waals surface area contributed by atoms with Crippen LogP contribution < -0.4 is 0 Å². The lowest BCUT2D eigenvalue weighted by molar-refractivity contribution is -0.111. The molecule has 0 rings (SSSR count). The Kier molecular flexibility index (Phi) is 3.10. The number of hydrogen-bond donors (Lipinski definition) is 2. The van der Waals surface area contributed by atoms with E-state index in [4.69, 9.17) is 10.4 Å². The maximum absolute atomic E-state index is 10.5. The van der Waals surface area contributed by atoms with Crippen LogP contribution in [0.15, 0.2) is 10.3 Å². The first kappa shape index (κ1) is 8.61. The Labute approximate surface area is 57.6 Å². The summed E-state index contributed by atoms with van der Waals surface area (Å²) in [5, 5.41) is 21.6. The van der Waals surface area contributed by atoms with Gasteiger partial charge >= 0.3 is 0 Å². The Morgan fingerprint density at radius 1 is 1.20 bits per heavy atom. The molecule has 0 aliphatic rings. The first-order valence-corrected chi connectivity index (χ1v) is 2.55. The number of Topliss-reactive ketones (excluding diaryl/α,β-unsaturated/α-hetero) is 1. The van der Waals surface area contributed by atoms with Crippen LogP contribution in [0.4, 0.5) is 0 Å². The lowest BCUT2D eigenvalue weighted by Crippen LogP contribution is -2.19. The summed E-state index contributed by atoms with van der Waals surface area (Å²) in [5.74, 6) is -0.446. The number of carbonyl (C=O) groups excluding carboxylic acids is 1.